The number of amides is 1. The first kappa shape index (κ1) is 13.2. The van der Waals surface area contributed by atoms with Crippen LogP contribution in [0.15, 0.2) is 18.2 Å². The average molecular weight is 258 g/mol. The van der Waals surface area contributed by atoms with Crippen LogP contribution in [0, 0.1) is 10.1 Å². The summed E-state index contributed by atoms with van der Waals surface area (Å²) in [5, 5.41) is 16.2. The SMILES string of the molecule is CNC(=O)CCNc1ccc([N+](=O)[O-])cc1Cl. The van der Waals surface area contributed by atoms with Gasteiger partial charge < -0.3 is 10.6 Å². The summed E-state index contributed by atoms with van der Waals surface area (Å²) < 4.78 is 0. The molecule has 0 unspecified atom stereocenters. The van der Waals surface area contributed by atoms with Crippen LogP contribution >= 0.6 is 11.6 Å². The highest BCUT2D eigenvalue weighted by Gasteiger charge is 2.09. The van der Waals surface area contributed by atoms with Crippen LogP contribution in [0.4, 0.5) is 11.4 Å². The zero-order chi connectivity index (χ0) is 12.8. The topological polar surface area (TPSA) is 84.3 Å². The molecule has 0 aliphatic carbocycles. The fourth-order valence-corrected chi connectivity index (χ4v) is 1.44. The molecule has 0 saturated heterocycles. The smallest absolute Gasteiger partial charge is 0.271 e. The van der Waals surface area contributed by atoms with Crippen molar-refractivity contribution in [3.8, 4) is 0 Å². The Kier molecular flexibility index (Phi) is 4.71. The summed E-state index contributed by atoms with van der Waals surface area (Å²) in [5.74, 6) is -0.0875. The van der Waals surface area contributed by atoms with Crippen LogP contribution in [0.1, 0.15) is 6.42 Å². The fourth-order valence-electron chi connectivity index (χ4n) is 1.20. The van der Waals surface area contributed by atoms with Crippen LogP contribution in [-0.4, -0.2) is 24.4 Å². The largest absolute Gasteiger partial charge is 0.383 e. The fraction of sp³-hybridized carbons (Fsp3) is 0.300. The van der Waals surface area contributed by atoms with Gasteiger partial charge in [0.2, 0.25) is 5.91 Å². The Labute approximate surface area is 103 Å². The summed E-state index contributed by atoms with van der Waals surface area (Å²) in [4.78, 5) is 20.9. The van der Waals surface area contributed by atoms with Gasteiger partial charge in [-0.05, 0) is 6.07 Å². The third kappa shape index (κ3) is 3.92. The Morgan fingerprint density at radius 1 is 1.53 bits per heavy atom. The molecule has 0 aromatic heterocycles. The predicted molar refractivity (Wildman–Crippen MR) is 65.3 cm³/mol. The van der Waals surface area contributed by atoms with Crippen molar-refractivity contribution in [2.45, 2.75) is 6.42 Å². The Hall–Kier alpha value is -1.82. The van der Waals surface area contributed by atoms with E-state index in [1.165, 1.54) is 18.2 Å². The van der Waals surface area contributed by atoms with Gasteiger partial charge in [0.25, 0.3) is 5.69 Å². The molecule has 6 nitrogen and oxygen atoms in total. The number of nitrogens with zero attached hydrogens (tertiary/aromatic N) is 1. The van der Waals surface area contributed by atoms with Crippen LogP contribution in [0.5, 0.6) is 0 Å². The quantitative estimate of drug-likeness (QED) is 0.622. The van der Waals surface area contributed by atoms with Gasteiger partial charge >= 0.3 is 0 Å². The molecule has 1 aromatic rings. The number of nitro groups is 1. The van der Waals surface area contributed by atoms with E-state index < -0.39 is 4.92 Å². The lowest BCUT2D eigenvalue weighted by atomic mass is 10.2. The number of nitro benzene ring substituents is 1. The Morgan fingerprint density at radius 3 is 2.76 bits per heavy atom. The van der Waals surface area contributed by atoms with E-state index in [9.17, 15) is 14.9 Å². The van der Waals surface area contributed by atoms with E-state index in [-0.39, 0.29) is 16.6 Å². The number of hydrogen-bond donors (Lipinski definition) is 2. The molecule has 92 valence electrons. The van der Waals surface area contributed by atoms with Gasteiger partial charge in [-0.1, -0.05) is 11.6 Å². The highest BCUT2D eigenvalue weighted by atomic mass is 35.5. The first-order valence-corrected chi connectivity index (χ1v) is 5.30. The number of hydrogen-bond acceptors (Lipinski definition) is 4. The van der Waals surface area contributed by atoms with Gasteiger partial charge in [0.15, 0.2) is 0 Å². The van der Waals surface area contributed by atoms with Crippen molar-refractivity contribution in [2.75, 3.05) is 18.9 Å². The summed E-state index contributed by atoms with van der Waals surface area (Å²) in [5.41, 5.74) is 0.507. The number of non-ortho nitro benzene ring substituents is 1. The lowest BCUT2D eigenvalue weighted by Gasteiger charge is -2.07. The maximum Gasteiger partial charge on any atom is 0.271 e. The van der Waals surface area contributed by atoms with E-state index in [1.807, 2.05) is 0 Å². The van der Waals surface area contributed by atoms with Crippen LogP contribution in [0.3, 0.4) is 0 Å². The van der Waals surface area contributed by atoms with Gasteiger partial charge in [-0.15, -0.1) is 0 Å². The lowest BCUT2D eigenvalue weighted by Crippen LogP contribution is -2.20. The standard InChI is InChI=1S/C10H12ClN3O3/c1-12-10(15)4-5-13-9-3-2-7(14(16)17)6-8(9)11/h2-3,6,13H,4-5H2,1H3,(H,12,15). The van der Waals surface area contributed by atoms with E-state index in [4.69, 9.17) is 11.6 Å². The van der Waals surface area contributed by atoms with Crippen molar-refractivity contribution in [1.82, 2.24) is 5.32 Å². The summed E-state index contributed by atoms with van der Waals surface area (Å²) >= 11 is 5.86. The molecule has 0 spiro atoms. The summed E-state index contributed by atoms with van der Waals surface area (Å²) in [7, 11) is 1.56. The van der Waals surface area contributed by atoms with Crippen LogP contribution in [0.25, 0.3) is 0 Å². The van der Waals surface area contributed by atoms with Gasteiger partial charge in [0, 0.05) is 32.1 Å². The molecule has 0 saturated carbocycles. The second-order valence-corrected chi connectivity index (χ2v) is 3.68. The molecule has 17 heavy (non-hydrogen) atoms. The highest BCUT2D eigenvalue weighted by molar-refractivity contribution is 6.33. The molecule has 0 bridgehead atoms. The minimum absolute atomic E-state index is 0.0631. The zero-order valence-electron chi connectivity index (χ0n) is 9.20. The highest BCUT2D eigenvalue weighted by Crippen LogP contribution is 2.26. The van der Waals surface area contributed by atoms with Gasteiger partial charge in [-0.25, -0.2) is 0 Å². The molecular weight excluding hydrogens is 246 g/mol. The first-order valence-electron chi connectivity index (χ1n) is 4.93. The Morgan fingerprint density at radius 2 is 2.24 bits per heavy atom. The monoisotopic (exact) mass is 257 g/mol. The number of halogens is 1. The van der Waals surface area contributed by atoms with Crippen molar-refractivity contribution in [2.24, 2.45) is 0 Å². The molecule has 0 fully saturated rings. The number of carbonyl (C=O) groups is 1. The average Bonchev–Trinajstić information content (AvgIpc) is 2.30. The summed E-state index contributed by atoms with van der Waals surface area (Å²) in [6, 6.07) is 4.14. The third-order valence-corrected chi connectivity index (χ3v) is 2.42. The predicted octanol–water partition coefficient (Wildman–Crippen LogP) is 1.80. The van der Waals surface area contributed by atoms with Crippen LogP contribution in [-0.2, 0) is 4.79 Å². The molecule has 7 heteroatoms. The van der Waals surface area contributed by atoms with E-state index in [0.29, 0.717) is 18.7 Å². The lowest BCUT2D eigenvalue weighted by molar-refractivity contribution is -0.384. The second kappa shape index (κ2) is 6.05. The first-order chi connectivity index (χ1) is 8.04. The minimum Gasteiger partial charge on any atom is -0.383 e. The molecule has 2 N–H and O–H groups in total. The maximum atomic E-state index is 11.0. The molecule has 0 aliphatic heterocycles. The Balaban J connectivity index is 2.60. The normalized spacial score (nSPS) is 9.76. The van der Waals surface area contributed by atoms with Gasteiger partial charge in [0.05, 0.1) is 15.6 Å². The Bertz CT molecular complexity index is 437. The molecular formula is C10H12ClN3O3. The van der Waals surface area contributed by atoms with E-state index in [0.717, 1.165) is 0 Å². The summed E-state index contributed by atoms with van der Waals surface area (Å²) in [6.07, 6.45) is 0.309. The molecule has 1 aromatic carbocycles. The molecule has 1 rings (SSSR count). The zero-order valence-corrected chi connectivity index (χ0v) is 9.95. The van der Waals surface area contributed by atoms with Crippen molar-refractivity contribution in [1.29, 1.82) is 0 Å². The maximum absolute atomic E-state index is 11.0. The van der Waals surface area contributed by atoms with E-state index in [1.54, 1.807) is 7.05 Å². The number of rotatable bonds is 5. The van der Waals surface area contributed by atoms with Crippen LogP contribution in [0.2, 0.25) is 5.02 Å². The molecule has 0 radical (unpaired) electrons. The number of nitrogens with one attached hydrogen (secondary N) is 2. The van der Waals surface area contributed by atoms with E-state index >= 15 is 0 Å². The second-order valence-electron chi connectivity index (χ2n) is 3.27. The number of anilines is 1. The van der Waals surface area contributed by atoms with Gasteiger partial charge in [-0.3, -0.25) is 14.9 Å². The number of benzene rings is 1. The van der Waals surface area contributed by atoms with E-state index in [2.05, 4.69) is 10.6 Å². The number of carbonyl (C=O) groups excluding carboxylic acids is 1. The third-order valence-electron chi connectivity index (χ3n) is 2.11. The van der Waals surface area contributed by atoms with Crippen molar-refractivity contribution in [3.63, 3.8) is 0 Å². The molecule has 0 atom stereocenters. The van der Waals surface area contributed by atoms with Gasteiger partial charge in [-0.2, -0.15) is 0 Å². The molecule has 0 heterocycles. The minimum atomic E-state index is -0.514. The van der Waals surface area contributed by atoms with Crippen molar-refractivity contribution in [3.05, 3.63) is 33.3 Å². The molecule has 0 aliphatic rings. The van der Waals surface area contributed by atoms with Crippen LogP contribution < -0.4 is 10.6 Å². The van der Waals surface area contributed by atoms with Gasteiger partial charge in [0.1, 0.15) is 0 Å². The van der Waals surface area contributed by atoms with Crippen molar-refractivity contribution < 1.29 is 9.72 Å². The van der Waals surface area contributed by atoms with Crippen molar-refractivity contribution >= 4 is 28.9 Å². The molecule has 1 amide bonds. The summed E-state index contributed by atoms with van der Waals surface area (Å²) in [6.45, 7) is 0.414.